The second-order valence-electron chi connectivity index (χ2n) is 7.10. The summed E-state index contributed by atoms with van der Waals surface area (Å²) >= 11 is 0. The van der Waals surface area contributed by atoms with E-state index in [-0.39, 0.29) is 11.8 Å². The van der Waals surface area contributed by atoms with Crippen molar-refractivity contribution in [2.45, 2.75) is 45.4 Å². The fourth-order valence-electron chi connectivity index (χ4n) is 3.18. The Kier molecular flexibility index (Phi) is 4.61. The first-order chi connectivity index (χ1) is 11.5. The number of benzene rings is 2. The summed E-state index contributed by atoms with van der Waals surface area (Å²) in [6, 6.07) is 13.0. The van der Waals surface area contributed by atoms with Gasteiger partial charge < -0.3 is 10.4 Å². The molecule has 1 aliphatic carbocycles. The zero-order valence-corrected chi connectivity index (χ0v) is 14.5. The molecule has 0 spiro atoms. The van der Waals surface area contributed by atoms with Crippen molar-refractivity contribution in [2.24, 2.45) is 5.92 Å². The van der Waals surface area contributed by atoms with Gasteiger partial charge in [0.25, 0.3) is 5.91 Å². The number of aromatic hydroxyl groups is 1. The van der Waals surface area contributed by atoms with Crippen LogP contribution in [-0.2, 0) is 0 Å². The van der Waals surface area contributed by atoms with E-state index < -0.39 is 0 Å². The second-order valence-corrected chi connectivity index (χ2v) is 7.10. The lowest BCUT2D eigenvalue weighted by Gasteiger charge is -2.20. The summed E-state index contributed by atoms with van der Waals surface area (Å²) in [5.74, 6) is 1.43. The van der Waals surface area contributed by atoms with Crippen LogP contribution in [0.3, 0.4) is 0 Å². The fourth-order valence-corrected chi connectivity index (χ4v) is 3.18. The zero-order valence-electron chi connectivity index (χ0n) is 14.5. The quantitative estimate of drug-likeness (QED) is 0.735. The predicted octanol–water partition coefficient (Wildman–Crippen LogP) is 5.28. The molecule has 1 fully saturated rings. The molecule has 0 bridgehead atoms. The molecule has 0 unspecified atom stereocenters. The molecule has 24 heavy (non-hydrogen) atoms. The van der Waals surface area contributed by atoms with Gasteiger partial charge in [0.1, 0.15) is 5.75 Å². The largest absolute Gasteiger partial charge is 0.507 e. The van der Waals surface area contributed by atoms with Crippen molar-refractivity contribution >= 4 is 11.6 Å². The van der Waals surface area contributed by atoms with Crippen LogP contribution in [-0.4, -0.2) is 11.0 Å². The van der Waals surface area contributed by atoms with Gasteiger partial charge in [-0.2, -0.15) is 0 Å². The molecule has 0 aliphatic heterocycles. The van der Waals surface area contributed by atoms with Crippen LogP contribution in [0.2, 0.25) is 0 Å². The van der Waals surface area contributed by atoms with Crippen LogP contribution >= 0.6 is 0 Å². The van der Waals surface area contributed by atoms with E-state index in [9.17, 15) is 9.90 Å². The SMILES string of the molecule is CC(C)c1cc(NC(=O)c2ccccc2)cc([C@H](C)C2CC2)c1O. The number of phenols is 1. The van der Waals surface area contributed by atoms with Gasteiger partial charge >= 0.3 is 0 Å². The van der Waals surface area contributed by atoms with Crippen LogP contribution in [0.25, 0.3) is 0 Å². The summed E-state index contributed by atoms with van der Waals surface area (Å²) in [7, 11) is 0. The van der Waals surface area contributed by atoms with E-state index in [1.54, 1.807) is 12.1 Å². The molecule has 3 rings (SSSR count). The van der Waals surface area contributed by atoms with Crippen molar-refractivity contribution in [3.05, 3.63) is 59.2 Å². The molecule has 1 amide bonds. The highest BCUT2D eigenvalue weighted by Gasteiger charge is 2.31. The monoisotopic (exact) mass is 323 g/mol. The van der Waals surface area contributed by atoms with E-state index in [4.69, 9.17) is 0 Å². The number of carbonyl (C=O) groups is 1. The number of hydrogen-bond acceptors (Lipinski definition) is 2. The summed E-state index contributed by atoms with van der Waals surface area (Å²) in [6.07, 6.45) is 2.44. The van der Waals surface area contributed by atoms with Crippen molar-refractivity contribution in [3.8, 4) is 5.75 Å². The Balaban J connectivity index is 1.93. The molecule has 0 aromatic heterocycles. The molecule has 2 N–H and O–H groups in total. The van der Waals surface area contributed by atoms with Crippen LogP contribution < -0.4 is 5.32 Å². The van der Waals surface area contributed by atoms with Gasteiger partial charge in [-0.1, -0.05) is 39.0 Å². The number of carbonyl (C=O) groups excluding carboxylic acids is 1. The summed E-state index contributed by atoms with van der Waals surface area (Å²) in [5, 5.41) is 13.7. The summed E-state index contributed by atoms with van der Waals surface area (Å²) < 4.78 is 0. The molecule has 2 aromatic rings. The van der Waals surface area contributed by atoms with Gasteiger partial charge in [0, 0.05) is 11.3 Å². The van der Waals surface area contributed by atoms with E-state index in [1.807, 2.05) is 30.3 Å². The van der Waals surface area contributed by atoms with E-state index in [2.05, 4.69) is 26.1 Å². The van der Waals surface area contributed by atoms with Crippen LogP contribution in [0.5, 0.6) is 5.75 Å². The zero-order chi connectivity index (χ0) is 17.3. The van der Waals surface area contributed by atoms with Crippen molar-refractivity contribution in [3.63, 3.8) is 0 Å². The van der Waals surface area contributed by atoms with Crippen molar-refractivity contribution in [2.75, 3.05) is 5.32 Å². The van der Waals surface area contributed by atoms with Gasteiger partial charge in [-0.05, 0) is 66.0 Å². The van der Waals surface area contributed by atoms with E-state index in [0.29, 0.717) is 23.1 Å². The predicted molar refractivity (Wildman–Crippen MR) is 97.7 cm³/mol. The highest BCUT2D eigenvalue weighted by molar-refractivity contribution is 6.04. The van der Waals surface area contributed by atoms with Crippen LogP contribution in [0.1, 0.15) is 66.9 Å². The minimum Gasteiger partial charge on any atom is -0.507 e. The number of rotatable bonds is 5. The van der Waals surface area contributed by atoms with E-state index >= 15 is 0 Å². The number of amides is 1. The van der Waals surface area contributed by atoms with Gasteiger partial charge in [0.2, 0.25) is 0 Å². The Labute approximate surface area is 143 Å². The van der Waals surface area contributed by atoms with Gasteiger partial charge in [-0.15, -0.1) is 0 Å². The number of anilines is 1. The Morgan fingerprint density at radius 3 is 2.29 bits per heavy atom. The minimum atomic E-state index is -0.124. The Hall–Kier alpha value is -2.29. The van der Waals surface area contributed by atoms with Gasteiger partial charge in [-0.3, -0.25) is 4.79 Å². The Morgan fingerprint density at radius 2 is 1.71 bits per heavy atom. The average molecular weight is 323 g/mol. The standard InChI is InChI=1S/C21H25NO2/c1-13(2)18-11-17(22-21(24)16-7-5-4-6-8-16)12-19(20(18)23)14(3)15-9-10-15/h4-8,11-15,23H,9-10H2,1-3H3,(H,22,24)/t14-/m1/s1. The summed E-state index contributed by atoms with van der Waals surface area (Å²) in [5.41, 5.74) is 3.23. The molecular weight excluding hydrogens is 298 g/mol. The maximum absolute atomic E-state index is 12.4. The van der Waals surface area contributed by atoms with Crippen LogP contribution in [0.15, 0.2) is 42.5 Å². The molecule has 0 radical (unpaired) electrons. The molecule has 1 atom stereocenters. The Morgan fingerprint density at radius 1 is 1.08 bits per heavy atom. The molecule has 2 aromatic carbocycles. The van der Waals surface area contributed by atoms with Crippen molar-refractivity contribution < 1.29 is 9.90 Å². The van der Waals surface area contributed by atoms with E-state index in [0.717, 1.165) is 16.8 Å². The molecule has 3 nitrogen and oxygen atoms in total. The topological polar surface area (TPSA) is 49.3 Å². The van der Waals surface area contributed by atoms with Gasteiger partial charge in [-0.25, -0.2) is 0 Å². The number of hydrogen-bond donors (Lipinski definition) is 2. The maximum atomic E-state index is 12.4. The second kappa shape index (κ2) is 6.68. The molecule has 1 saturated carbocycles. The Bertz CT molecular complexity index is 733. The minimum absolute atomic E-state index is 0.124. The molecule has 0 heterocycles. The average Bonchev–Trinajstić information content (AvgIpc) is 3.41. The highest BCUT2D eigenvalue weighted by atomic mass is 16.3. The first-order valence-corrected chi connectivity index (χ1v) is 8.70. The first kappa shape index (κ1) is 16.6. The molecule has 126 valence electrons. The molecule has 1 aliphatic rings. The van der Waals surface area contributed by atoms with Gasteiger partial charge in [0.05, 0.1) is 0 Å². The third kappa shape index (κ3) is 3.45. The smallest absolute Gasteiger partial charge is 0.255 e. The third-order valence-corrected chi connectivity index (χ3v) is 4.90. The summed E-state index contributed by atoms with van der Waals surface area (Å²) in [4.78, 5) is 12.4. The highest BCUT2D eigenvalue weighted by Crippen LogP contribution is 2.47. The van der Waals surface area contributed by atoms with Crippen molar-refractivity contribution in [1.29, 1.82) is 0 Å². The lowest BCUT2D eigenvalue weighted by atomic mass is 9.90. The summed E-state index contributed by atoms with van der Waals surface area (Å²) in [6.45, 7) is 6.28. The lowest BCUT2D eigenvalue weighted by Crippen LogP contribution is -2.13. The normalized spacial score (nSPS) is 15.3. The first-order valence-electron chi connectivity index (χ1n) is 8.70. The molecule has 0 saturated heterocycles. The van der Waals surface area contributed by atoms with E-state index in [1.165, 1.54) is 12.8 Å². The van der Waals surface area contributed by atoms with Crippen LogP contribution in [0, 0.1) is 5.92 Å². The van der Waals surface area contributed by atoms with Gasteiger partial charge in [0.15, 0.2) is 0 Å². The van der Waals surface area contributed by atoms with Crippen LogP contribution in [0.4, 0.5) is 5.69 Å². The van der Waals surface area contributed by atoms with Crippen molar-refractivity contribution in [1.82, 2.24) is 0 Å². The lowest BCUT2D eigenvalue weighted by molar-refractivity contribution is 0.102. The fraction of sp³-hybridized carbons (Fsp3) is 0.381. The molecule has 3 heteroatoms. The maximum Gasteiger partial charge on any atom is 0.255 e. The number of phenolic OH excluding ortho intramolecular Hbond substituents is 1. The third-order valence-electron chi connectivity index (χ3n) is 4.90. The molecular formula is C21H25NO2. The number of nitrogens with one attached hydrogen (secondary N) is 1.